The Morgan fingerprint density at radius 2 is 2.21 bits per heavy atom. The molecule has 0 aromatic carbocycles. The summed E-state index contributed by atoms with van der Waals surface area (Å²) in [6, 6.07) is 5.91. The molecular weight excluding hydrogens is 236 g/mol. The van der Waals surface area contributed by atoms with E-state index >= 15 is 0 Å². The first-order valence-electron chi connectivity index (χ1n) is 6.66. The van der Waals surface area contributed by atoms with Gasteiger partial charge in [0.2, 0.25) is 0 Å². The second kappa shape index (κ2) is 4.92. The second-order valence-corrected chi connectivity index (χ2v) is 5.05. The van der Waals surface area contributed by atoms with Crippen molar-refractivity contribution in [1.29, 1.82) is 0 Å². The largest absolute Gasteiger partial charge is 0.293 e. The van der Waals surface area contributed by atoms with Gasteiger partial charge in [-0.25, -0.2) is 0 Å². The Balaban J connectivity index is 2.00. The van der Waals surface area contributed by atoms with Crippen molar-refractivity contribution in [3.63, 3.8) is 0 Å². The zero-order chi connectivity index (χ0) is 13.2. The van der Waals surface area contributed by atoms with E-state index in [9.17, 15) is 4.79 Å². The van der Waals surface area contributed by atoms with E-state index in [-0.39, 0.29) is 11.7 Å². The third-order valence-electron chi connectivity index (χ3n) is 3.82. The van der Waals surface area contributed by atoms with Crippen LogP contribution in [0.15, 0.2) is 36.8 Å². The predicted molar refractivity (Wildman–Crippen MR) is 73.2 cm³/mol. The van der Waals surface area contributed by atoms with Gasteiger partial charge in [0.05, 0.1) is 11.6 Å². The number of aryl methyl sites for hydroxylation is 2. The van der Waals surface area contributed by atoms with Gasteiger partial charge in [-0.15, -0.1) is 0 Å². The molecule has 3 nitrogen and oxygen atoms in total. The molecule has 0 aliphatic heterocycles. The lowest BCUT2D eigenvalue weighted by atomic mass is 9.81. The molecule has 0 amide bonds. The van der Waals surface area contributed by atoms with Crippen LogP contribution in [-0.4, -0.2) is 15.8 Å². The molecule has 0 saturated heterocycles. The summed E-state index contributed by atoms with van der Waals surface area (Å²) in [6.45, 7) is 1.96. The number of aromatic nitrogens is 2. The average Bonchev–Trinajstić information content (AvgIpc) is 2.46. The molecule has 2 aromatic heterocycles. The van der Waals surface area contributed by atoms with E-state index in [0.717, 1.165) is 36.1 Å². The molecule has 19 heavy (non-hydrogen) atoms. The lowest BCUT2D eigenvalue weighted by Crippen LogP contribution is -2.21. The number of carbonyl (C=O) groups excluding carboxylic acids is 1. The minimum Gasteiger partial charge on any atom is -0.293 e. The summed E-state index contributed by atoms with van der Waals surface area (Å²) in [5.74, 6) is 0.0538. The van der Waals surface area contributed by atoms with Crippen LogP contribution in [0.1, 0.15) is 45.9 Å². The number of nitrogens with zero attached hydrogens (tertiary/aromatic N) is 2. The van der Waals surface area contributed by atoms with E-state index in [2.05, 4.69) is 16.0 Å². The van der Waals surface area contributed by atoms with Crippen molar-refractivity contribution >= 4 is 5.78 Å². The smallest absolute Gasteiger partial charge is 0.173 e. The highest BCUT2D eigenvalue weighted by atomic mass is 16.1. The average molecular weight is 252 g/mol. The molecule has 0 N–H and O–H groups in total. The fourth-order valence-electron chi connectivity index (χ4n) is 2.77. The summed E-state index contributed by atoms with van der Waals surface area (Å²) >= 11 is 0. The van der Waals surface area contributed by atoms with Crippen LogP contribution < -0.4 is 0 Å². The van der Waals surface area contributed by atoms with Gasteiger partial charge in [-0.05, 0) is 49.4 Å². The SMILES string of the molecule is Cc1ccncc1C(=O)C1CCCc2cccnc21. The van der Waals surface area contributed by atoms with Gasteiger partial charge in [-0.1, -0.05) is 6.07 Å². The maximum atomic E-state index is 12.7. The van der Waals surface area contributed by atoms with Gasteiger partial charge in [-0.2, -0.15) is 0 Å². The Morgan fingerprint density at radius 3 is 3.05 bits per heavy atom. The Kier molecular flexibility index (Phi) is 3.11. The molecule has 96 valence electrons. The molecule has 0 saturated carbocycles. The molecular formula is C16H16N2O. The zero-order valence-electron chi connectivity index (χ0n) is 11.0. The minimum atomic E-state index is -0.104. The van der Waals surface area contributed by atoms with Crippen LogP contribution in [0.5, 0.6) is 0 Å². The standard InChI is InChI=1S/C16H16N2O/c1-11-7-9-17-10-14(11)16(19)13-6-2-4-12-5-3-8-18-15(12)13/h3,5,7-10,13H,2,4,6H2,1H3. The lowest BCUT2D eigenvalue weighted by molar-refractivity contribution is 0.0948. The van der Waals surface area contributed by atoms with E-state index in [1.807, 2.05) is 19.1 Å². The van der Waals surface area contributed by atoms with Crippen molar-refractivity contribution in [3.8, 4) is 0 Å². The monoisotopic (exact) mass is 252 g/mol. The normalized spacial score (nSPS) is 17.8. The van der Waals surface area contributed by atoms with Crippen LogP contribution in [0.3, 0.4) is 0 Å². The zero-order valence-corrected chi connectivity index (χ0v) is 11.0. The summed E-state index contributed by atoms with van der Waals surface area (Å²) in [7, 11) is 0. The first-order chi connectivity index (χ1) is 9.27. The van der Waals surface area contributed by atoms with E-state index < -0.39 is 0 Å². The molecule has 0 fully saturated rings. The summed E-state index contributed by atoms with van der Waals surface area (Å²) in [5, 5.41) is 0. The van der Waals surface area contributed by atoms with Crippen molar-refractivity contribution < 1.29 is 4.79 Å². The molecule has 1 aliphatic rings. The second-order valence-electron chi connectivity index (χ2n) is 5.05. The fourth-order valence-corrected chi connectivity index (χ4v) is 2.77. The Bertz CT molecular complexity index is 622. The van der Waals surface area contributed by atoms with E-state index in [4.69, 9.17) is 0 Å². The molecule has 1 aliphatic carbocycles. The van der Waals surface area contributed by atoms with Crippen LogP contribution in [0.25, 0.3) is 0 Å². The molecule has 1 unspecified atom stereocenters. The van der Waals surface area contributed by atoms with Gasteiger partial charge in [0.25, 0.3) is 0 Å². The summed E-state index contributed by atoms with van der Waals surface area (Å²) in [6.07, 6.45) is 8.14. The number of carbonyl (C=O) groups is 1. The maximum Gasteiger partial charge on any atom is 0.173 e. The van der Waals surface area contributed by atoms with Gasteiger partial charge in [-0.3, -0.25) is 14.8 Å². The van der Waals surface area contributed by atoms with Crippen LogP contribution in [0, 0.1) is 6.92 Å². The number of hydrogen-bond acceptors (Lipinski definition) is 3. The quantitative estimate of drug-likeness (QED) is 0.771. The molecule has 3 rings (SSSR count). The van der Waals surface area contributed by atoms with Gasteiger partial charge in [0.15, 0.2) is 5.78 Å². The summed E-state index contributed by atoms with van der Waals surface area (Å²) in [5.41, 5.74) is 3.89. The fraction of sp³-hybridized carbons (Fsp3) is 0.312. The van der Waals surface area contributed by atoms with Crippen LogP contribution in [-0.2, 0) is 6.42 Å². The van der Waals surface area contributed by atoms with Gasteiger partial charge < -0.3 is 0 Å². The number of pyridine rings is 2. The molecule has 0 spiro atoms. The van der Waals surface area contributed by atoms with Gasteiger partial charge in [0.1, 0.15) is 0 Å². The van der Waals surface area contributed by atoms with Crippen molar-refractivity contribution in [2.45, 2.75) is 32.1 Å². The summed E-state index contributed by atoms with van der Waals surface area (Å²) in [4.78, 5) is 21.2. The third kappa shape index (κ3) is 2.16. The Morgan fingerprint density at radius 1 is 1.32 bits per heavy atom. The highest BCUT2D eigenvalue weighted by molar-refractivity contribution is 6.01. The molecule has 0 bridgehead atoms. The van der Waals surface area contributed by atoms with E-state index in [0.29, 0.717) is 0 Å². The van der Waals surface area contributed by atoms with Gasteiger partial charge >= 0.3 is 0 Å². The molecule has 2 heterocycles. The number of hydrogen-bond donors (Lipinski definition) is 0. The third-order valence-corrected chi connectivity index (χ3v) is 3.82. The highest BCUT2D eigenvalue weighted by Gasteiger charge is 2.29. The first kappa shape index (κ1) is 12.0. The minimum absolute atomic E-state index is 0.104. The maximum absolute atomic E-state index is 12.7. The molecule has 1 atom stereocenters. The predicted octanol–water partition coefficient (Wildman–Crippen LogP) is 3.09. The van der Waals surface area contributed by atoms with E-state index in [1.54, 1.807) is 18.6 Å². The van der Waals surface area contributed by atoms with Crippen molar-refractivity contribution in [2.24, 2.45) is 0 Å². The molecule has 2 aromatic rings. The van der Waals surface area contributed by atoms with E-state index in [1.165, 1.54) is 5.56 Å². The van der Waals surface area contributed by atoms with Crippen molar-refractivity contribution in [3.05, 3.63) is 59.2 Å². The number of fused-ring (bicyclic) bond motifs is 1. The number of rotatable bonds is 2. The molecule has 0 radical (unpaired) electrons. The Hall–Kier alpha value is -2.03. The highest BCUT2D eigenvalue weighted by Crippen LogP contribution is 2.32. The lowest BCUT2D eigenvalue weighted by Gasteiger charge is -2.23. The first-order valence-corrected chi connectivity index (χ1v) is 6.66. The van der Waals surface area contributed by atoms with Gasteiger partial charge in [0, 0.05) is 24.2 Å². The van der Waals surface area contributed by atoms with Crippen LogP contribution in [0.4, 0.5) is 0 Å². The molecule has 3 heteroatoms. The number of ketones is 1. The van der Waals surface area contributed by atoms with Crippen LogP contribution >= 0.6 is 0 Å². The van der Waals surface area contributed by atoms with Crippen LogP contribution in [0.2, 0.25) is 0 Å². The number of Topliss-reactive ketones (excluding diaryl/α,β-unsaturated/α-hetero) is 1. The Labute approximate surface area is 112 Å². The van der Waals surface area contributed by atoms with Crippen molar-refractivity contribution in [2.75, 3.05) is 0 Å². The van der Waals surface area contributed by atoms with Crippen molar-refractivity contribution in [1.82, 2.24) is 9.97 Å². The summed E-state index contributed by atoms with van der Waals surface area (Å²) < 4.78 is 0. The topological polar surface area (TPSA) is 42.9 Å².